The van der Waals surface area contributed by atoms with Crippen LogP contribution in [0.5, 0.6) is 5.75 Å². The largest absolute Gasteiger partial charge is 0.573 e. The van der Waals surface area contributed by atoms with E-state index in [0.29, 0.717) is 29.6 Å². The van der Waals surface area contributed by atoms with Crippen molar-refractivity contribution in [2.75, 3.05) is 13.6 Å². The van der Waals surface area contributed by atoms with Crippen LogP contribution in [0.25, 0.3) is 0 Å². The smallest absolute Gasteiger partial charge is 0.405 e. The Labute approximate surface area is 177 Å². The number of ether oxygens (including phenoxy) is 1. The summed E-state index contributed by atoms with van der Waals surface area (Å²) in [4.78, 5) is 8.05. The van der Waals surface area contributed by atoms with Gasteiger partial charge in [-0.15, -0.1) is 37.1 Å². The number of hydrogen-bond acceptors (Lipinski definition) is 3. The molecule has 148 valence electrons. The number of guanidine groups is 1. The monoisotopic (exact) mass is 514 g/mol. The molecule has 2 aromatic rings. The molecule has 0 saturated carbocycles. The Morgan fingerprint density at radius 3 is 2.56 bits per heavy atom. The predicted molar refractivity (Wildman–Crippen MR) is 110 cm³/mol. The van der Waals surface area contributed by atoms with E-state index in [4.69, 9.17) is 11.6 Å². The Morgan fingerprint density at radius 2 is 1.93 bits per heavy atom. The average molecular weight is 515 g/mol. The number of aromatic nitrogens is 1. The fraction of sp³-hybridized carbons (Fsp3) is 0.294. The Bertz CT molecular complexity index is 742. The van der Waals surface area contributed by atoms with Gasteiger partial charge >= 0.3 is 6.36 Å². The zero-order valence-corrected chi connectivity index (χ0v) is 17.5. The molecule has 0 atom stereocenters. The molecular formula is C17H19ClF3IN4O. The number of benzene rings is 1. The van der Waals surface area contributed by atoms with Gasteiger partial charge in [-0.3, -0.25) is 4.99 Å². The van der Waals surface area contributed by atoms with Crippen molar-refractivity contribution in [3.8, 4) is 5.75 Å². The SMILES string of the molecule is CN=C(NCCc1ccc(Cl)nc1)NCc1ccccc1OC(F)(F)F.I. The van der Waals surface area contributed by atoms with Gasteiger partial charge in [0.15, 0.2) is 5.96 Å². The molecule has 1 aromatic heterocycles. The van der Waals surface area contributed by atoms with Crippen molar-refractivity contribution in [3.05, 3.63) is 58.9 Å². The van der Waals surface area contributed by atoms with Gasteiger partial charge in [0.05, 0.1) is 0 Å². The van der Waals surface area contributed by atoms with Crippen LogP contribution in [-0.2, 0) is 13.0 Å². The molecule has 27 heavy (non-hydrogen) atoms. The van der Waals surface area contributed by atoms with Crippen molar-refractivity contribution in [2.45, 2.75) is 19.3 Å². The van der Waals surface area contributed by atoms with Gasteiger partial charge < -0.3 is 15.4 Å². The highest BCUT2D eigenvalue weighted by molar-refractivity contribution is 14.0. The minimum Gasteiger partial charge on any atom is -0.405 e. The molecule has 0 amide bonds. The summed E-state index contributed by atoms with van der Waals surface area (Å²) in [7, 11) is 1.58. The Kier molecular flexibility index (Phi) is 9.64. The van der Waals surface area contributed by atoms with E-state index in [1.165, 1.54) is 12.1 Å². The first-order valence-corrected chi connectivity index (χ1v) is 8.14. The van der Waals surface area contributed by atoms with Gasteiger partial charge in [-0.05, 0) is 24.1 Å². The lowest BCUT2D eigenvalue weighted by molar-refractivity contribution is -0.274. The highest BCUT2D eigenvalue weighted by atomic mass is 127. The van der Waals surface area contributed by atoms with Crippen LogP contribution in [0.15, 0.2) is 47.6 Å². The van der Waals surface area contributed by atoms with E-state index in [0.717, 1.165) is 5.56 Å². The fourth-order valence-electron chi connectivity index (χ4n) is 2.15. The van der Waals surface area contributed by atoms with Crippen LogP contribution < -0.4 is 15.4 Å². The number of nitrogens with zero attached hydrogens (tertiary/aromatic N) is 2. The fourth-order valence-corrected chi connectivity index (χ4v) is 2.27. The van der Waals surface area contributed by atoms with Gasteiger partial charge in [0.2, 0.25) is 0 Å². The average Bonchev–Trinajstić information content (AvgIpc) is 2.59. The van der Waals surface area contributed by atoms with E-state index in [-0.39, 0.29) is 36.3 Å². The number of alkyl halides is 3. The number of para-hydroxylation sites is 1. The number of rotatable bonds is 6. The third-order valence-corrected chi connectivity index (χ3v) is 3.59. The summed E-state index contributed by atoms with van der Waals surface area (Å²) in [6.07, 6.45) is -2.35. The van der Waals surface area contributed by atoms with E-state index >= 15 is 0 Å². The highest BCUT2D eigenvalue weighted by Crippen LogP contribution is 2.25. The van der Waals surface area contributed by atoms with Crippen LogP contribution in [-0.4, -0.2) is 30.9 Å². The maximum Gasteiger partial charge on any atom is 0.573 e. The second-order valence-corrected chi connectivity index (χ2v) is 5.63. The Hall–Kier alpha value is -1.75. The molecule has 0 radical (unpaired) electrons. The zero-order chi connectivity index (χ0) is 19.0. The van der Waals surface area contributed by atoms with E-state index in [2.05, 4.69) is 25.3 Å². The zero-order valence-electron chi connectivity index (χ0n) is 14.4. The van der Waals surface area contributed by atoms with Crippen LogP contribution in [0.3, 0.4) is 0 Å². The molecule has 0 bridgehead atoms. The maximum absolute atomic E-state index is 12.4. The molecule has 0 spiro atoms. The van der Waals surface area contributed by atoms with Crippen molar-refractivity contribution in [1.29, 1.82) is 0 Å². The quantitative estimate of drug-likeness (QED) is 0.263. The van der Waals surface area contributed by atoms with E-state index in [9.17, 15) is 13.2 Å². The van der Waals surface area contributed by atoms with E-state index in [1.54, 1.807) is 31.4 Å². The lowest BCUT2D eigenvalue weighted by Crippen LogP contribution is -2.38. The van der Waals surface area contributed by atoms with Gasteiger partial charge in [0, 0.05) is 31.9 Å². The maximum atomic E-state index is 12.4. The normalized spacial score (nSPS) is 11.5. The summed E-state index contributed by atoms with van der Waals surface area (Å²) in [5.41, 5.74) is 1.37. The summed E-state index contributed by atoms with van der Waals surface area (Å²) in [5.74, 6) is 0.226. The predicted octanol–water partition coefficient (Wildman–Crippen LogP) is 4.16. The van der Waals surface area contributed by atoms with Crippen LogP contribution in [0.2, 0.25) is 5.15 Å². The van der Waals surface area contributed by atoms with Crippen molar-refractivity contribution in [2.24, 2.45) is 4.99 Å². The van der Waals surface area contributed by atoms with Gasteiger partial charge in [-0.25, -0.2) is 4.98 Å². The molecule has 10 heteroatoms. The molecule has 1 heterocycles. The first-order chi connectivity index (χ1) is 12.4. The molecule has 0 aliphatic rings. The standard InChI is InChI=1S/C17H18ClF3N4O.HI/c1-22-16(23-9-8-12-6-7-15(18)24-10-12)25-11-13-4-2-3-5-14(13)26-17(19,20)21;/h2-7,10H,8-9,11H2,1H3,(H2,22,23,25);1H. The molecule has 0 aliphatic heterocycles. The summed E-state index contributed by atoms with van der Waals surface area (Å²) in [5, 5.41) is 6.48. The first-order valence-electron chi connectivity index (χ1n) is 7.76. The number of hydrogen-bond donors (Lipinski definition) is 2. The minimum atomic E-state index is -4.73. The minimum absolute atomic E-state index is 0. The summed E-state index contributed by atoms with van der Waals surface area (Å²) in [6, 6.07) is 9.54. The van der Waals surface area contributed by atoms with Crippen LogP contribution >= 0.6 is 35.6 Å². The molecule has 0 fully saturated rings. The Balaban J connectivity index is 0.00000364. The van der Waals surface area contributed by atoms with Crippen molar-refractivity contribution in [3.63, 3.8) is 0 Å². The second kappa shape index (κ2) is 11.2. The van der Waals surface area contributed by atoms with Crippen LogP contribution in [0.1, 0.15) is 11.1 Å². The number of aliphatic imine (C=N–C) groups is 1. The van der Waals surface area contributed by atoms with Crippen molar-refractivity contribution >= 4 is 41.5 Å². The second-order valence-electron chi connectivity index (χ2n) is 5.25. The van der Waals surface area contributed by atoms with Gasteiger partial charge in [-0.2, -0.15) is 0 Å². The number of nitrogens with one attached hydrogen (secondary N) is 2. The molecule has 0 unspecified atom stereocenters. The number of halogens is 5. The molecule has 0 saturated heterocycles. The van der Waals surface area contributed by atoms with Crippen molar-refractivity contribution < 1.29 is 17.9 Å². The molecular weight excluding hydrogens is 496 g/mol. The first kappa shape index (κ1) is 23.3. The van der Waals surface area contributed by atoms with Gasteiger partial charge in [0.1, 0.15) is 10.9 Å². The van der Waals surface area contributed by atoms with Gasteiger partial charge in [0.25, 0.3) is 0 Å². The Morgan fingerprint density at radius 1 is 1.19 bits per heavy atom. The summed E-state index contributed by atoms with van der Waals surface area (Å²) < 4.78 is 41.4. The topological polar surface area (TPSA) is 58.5 Å². The van der Waals surface area contributed by atoms with Crippen molar-refractivity contribution in [1.82, 2.24) is 15.6 Å². The van der Waals surface area contributed by atoms with Crippen LogP contribution in [0, 0.1) is 0 Å². The van der Waals surface area contributed by atoms with Crippen LogP contribution in [0.4, 0.5) is 13.2 Å². The third-order valence-electron chi connectivity index (χ3n) is 3.36. The van der Waals surface area contributed by atoms with E-state index < -0.39 is 6.36 Å². The molecule has 5 nitrogen and oxygen atoms in total. The number of pyridine rings is 1. The van der Waals surface area contributed by atoms with E-state index in [1.807, 2.05) is 6.07 Å². The summed E-state index contributed by atoms with van der Waals surface area (Å²) >= 11 is 5.73. The molecule has 1 aromatic carbocycles. The lowest BCUT2D eigenvalue weighted by Gasteiger charge is -2.15. The molecule has 2 rings (SSSR count). The molecule has 0 aliphatic carbocycles. The lowest BCUT2D eigenvalue weighted by atomic mass is 10.2. The molecule has 2 N–H and O–H groups in total. The van der Waals surface area contributed by atoms with Gasteiger partial charge in [-0.1, -0.05) is 35.9 Å². The summed E-state index contributed by atoms with van der Waals surface area (Å²) in [6.45, 7) is 0.706. The third kappa shape index (κ3) is 8.65. The highest BCUT2D eigenvalue weighted by Gasteiger charge is 2.31.